The van der Waals surface area contributed by atoms with Crippen LogP contribution in [0.25, 0.3) is 0 Å². The van der Waals surface area contributed by atoms with E-state index in [1.807, 2.05) is 13.1 Å². The first-order chi connectivity index (χ1) is 8.69. The van der Waals surface area contributed by atoms with E-state index in [1.165, 1.54) is 0 Å². The molecule has 0 radical (unpaired) electrons. The fourth-order valence-electron chi connectivity index (χ4n) is 1.99. The number of anilines is 2. The highest BCUT2D eigenvalue weighted by molar-refractivity contribution is 5.48. The second-order valence-corrected chi connectivity index (χ2v) is 4.96. The zero-order chi connectivity index (χ0) is 13.0. The Bertz CT molecular complexity index is 389. The normalized spacial score (nSPS) is 19.9. The van der Waals surface area contributed by atoms with Crippen molar-refractivity contribution in [3.05, 3.63) is 11.9 Å². The van der Waals surface area contributed by atoms with Gasteiger partial charge in [-0.3, -0.25) is 0 Å². The van der Waals surface area contributed by atoms with Crippen LogP contribution in [0.2, 0.25) is 0 Å². The second-order valence-electron chi connectivity index (χ2n) is 4.96. The lowest BCUT2D eigenvalue weighted by molar-refractivity contribution is 0.0875. The van der Waals surface area contributed by atoms with Crippen molar-refractivity contribution in [2.45, 2.75) is 38.6 Å². The van der Waals surface area contributed by atoms with Crippen molar-refractivity contribution in [3.8, 4) is 0 Å². The van der Waals surface area contributed by atoms with Crippen LogP contribution in [0.5, 0.6) is 0 Å². The summed E-state index contributed by atoms with van der Waals surface area (Å²) in [5, 5.41) is 6.51. The smallest absolute Gasteiger partial charge is 0.135 e. The average molecular weight is 250 g/mol. The Kier molecular flexibility index (Phi) is 4.36. The van der Waals surface area contributed by atoms with E-state index in [0.29, 0.717) is 12.0 Å². The van der Waals surface area contributed by atoms with Gasteiger partial charge in [-0.25, -0.2) is 9.97 Å². The van der Waals surface area contributed by atoms with E-state index >= 15 is 0 Å². The van der Waals surface area contributed by atoms with Crippen molar-refractivity contribution in [1.82, 2.24) is 9.97 Å². The van der Waals surface area contributed by atoms with E-state index in [4.69, 9.17) is 4.74 Å². The first-order valence-corrected chi connectivity index (χ1v) is 6.60. The van der Waals surface area contributed by atoms with Crippen molar-refractivity contribution in [2.75, 3.05) is 30.9 Å². The molecular formula is C13H22N4O. The van der Waals surface area contributed by atoms with Crippen molar-refractivity contribution in [3.63, 3.8) is 0 Å². The van der Waals surface area contributed by atoms with E-state index < -0.39 is 0 Å². The maximum absolute atomic E-state index is 5.47. The maximum atomic E-state index is 5.47. The molecule has 5 heteroatoms. The van der Waals surface area contributed by atoms with Crippen molar-refractivity contribution in [1.29, 1.82) is 0 Å². The van der Waals surface area contributed by atoms with Crippen LogP contribution in [0.3, 0.4) is 0 Å². The number of hydrogen-bond donors (Lipinski definition) is 2. The largest absolute Gasteiger partial charge is 0.379 e. The second kappa shape index (κ2) is 6.00. The molecule has 1 aliphatic heterocycles. The van der Waals surface area contributed by atoms with Gasteiger partial charge in [0.2, 0.25) is 0 Å². The van der Waals surface area contributed by atoms with Crippen LogP contribution in [0, 0.1) is 0 Å². The van der Waals surface area contributed by atoms with Gasteiger partial charge in [-0.05, 0) is 12.8 Å². The van der Waals surface area contributed by atoms with Crippen molar-refractivity contribution in [2.24, 2.45) is 0 Å². The Morgan fingerprint density at radius 2 is 2.11 bits per heavy atom. The summed E-state index contributed by atoms with van der Waals surface area (Å²) >= 11 is 0. The molecule has 1 aliphatic rings. The van der Waals surface area contributed by atoms with Crippen LogP contribution in [0.15, 0.2) is 6.07 Å². The van der Waals surface area contributed by atoms with Gasteiger partial charge in [0.15, 0.2) is 0 Å². The van der Waals surface area contributed by atoms with Crippen LogP contribution >= 0.6 is 0 Å². The minimum absolute atomic E-state index is 0.321. The van der Waals surface area contributed by atoms with Gasteiger partial charge in [-0.2, -0.15) is 0 Å². The van der Waals surface area contributed by atoms with E-state index in [2.05, 4.69) is 34.4 Å². The highest BCUT2D eigenvalue weighted by Crippen LogP contribution is 2.19. The Morgan fingerprint density at radius 1 is 1.33 bits per heavy atom. The molecule has 5 nitrogen and oxygen atoms in total. The molecule has 1 atom stereocenters. The predicted molar refractivity (Wildman–Crippen MR) is 73.1 cm³/mol. The maximum Gasteiger partial charge on any atom is 0.135 e. The molecule has 18 heavy (non-hydrogen) atoms. The molecule has 0 bridgehead atoms. The molecule has 2 heterocycles. The standard InChI is InChI=1S/C13H22N4O/c1-9(2)13-16-11(14-3)7-12(17-13)15-10-5-4-6-18-8-10/h7,9-10H,4-6,8H2,1-3H3,(H2,14,15,16,17). The third kappa shape index (κ3) is 3.32. The topological polar surface area (TPSA) is 59.1 Å². The molecule has 0 amide bonds. The van der Waals surface area contributed by atoms with Crippen LogP contribution < -0.4 is 10.6 Å². The third-order valence-corrected chi connectivity index (χ3v) is 3.03. The number of nitrogens with one attached hydrogen (secondary N) is 2. The summed E-state index contributed by atoms with van der Waals surface area (Å²) in [6, 6.07) is 2.30. The predicted octanol–water partition coefficient (Wildman–Crippen LogP) is 2.23. The quantitative estimate of drug-likeness (QED) is 0.858. The van der Waals surface area contributed by atoms with Gasteiger partial charge in [-0.15, -0.1) is 0 Å². The summed E-state index contributed by atoms with van der Waals surface area (Å²) in [4.78, 5) is 9.01. The van der Waals surface area contributed by atoms with E-state index in [1.54, 1.807) is 0 Å². The Labute approximate surface area is 108 Å². The fraction of sp³-hybridized carbons (Fsp3) is 0.692. The molecule has 0 saturated carbocycles. The van der Waals surface area contributed by atoms with E-state index in [-0.39, 0.29) is 0 Å². The first kappa shape index (κ1) is 13.1. The SMILES string of the molecule is CNc1cc(NC2CCCOC2)nc(C(C)C)n1. The van der Waals surface area contributed by atoms with Gasteiger partial charge in [0.1, 0.15) is 17.5 Å². The molecule has 0 aromatic carbocycles. The summed E-state index contributed by atoms with van der Waals surface area (Å²) in [5.74, 6) is 2.92. The molecule has 0 aliphatic carbocycles. The first-order valence-electron chi connectivity index (χ1n) is 6.60. The molecule has 2 N–H and O–H groups in total. The van der Waals surface area contributed by atoms with E-state index in [0.717, 1.165) is 43.5 Å². The average Bonchev–Trinajstić information content (AvgIpc) is 2.39. The number of hydrogen-bond acceptors (Lipinski definition) is 5. The molecular weight excluding hydrogens is 228 g/mol. The third-order valence-electron chi connectivity index (χ3n) is 3.03. The summed E-state index contributed by atoms with van der Waals surface area (Å²) < 4.78 is 5.47. The highest BCUT2D eigenvalue weighted by Gasteiger charge is 2.15. The summed E-state index contributed by atoms with van der Waals surface area (Å²) in [7, 11) is 1.87. The van der Waals surface area contributed by atoms with Gasteiger partial charge in [0.05, 0.1) is 12.6 Å². The number of aromatic nitrogens is 2. The molecule has 1 unspecified atom stereocenters. The lowest BCUT2D eigenvalue weighted by Crippen LogP contribution is -2.30. The highest BCUT2D eigenvalue weighted by atomic mass is 16.5. The van der Waals surface area contributed by atoms with Gasteiger partial charge in [-0.1, -0.05) is 13.8 Å². The van der Waals surface area contributed by atoms with E-state index in [9.17, 15) is 0 Å². The number of rotatable bonds is 4. The van der Waals surface area contributed by atoms with Crippen LogP contribution in [0.4, 0.5) is 11.6 Å². The molecule has 100 valence electrons. The molecule has 1 saturated heterocycles. The number of nitrogens with zero attached hydrogens (tertiary/aromatic N) is 2. The summed E-state index contributed by atoms with van der Waals surface area (Å²) in [6.07, 6.45) is 2.24. The fourth-order valence-corrected chi connectivity index (χ4v) is 1.99. The summed E-state index contributed by atoms with van der Waals surface area (Å²) in [5.41, 5.74) is 0. The lowest BCUT2D eigenvalue weighted by atomic mass is 10.1. The Morgan fingerprint density at radius 3 is 2.72 bits per heavy atom. The van der Waals surface area contributed by atoms with Crippen LogP contribution in [-0.2, 0) is 4.74 Å². The van der Waals surface area contributed by atoms with Crippen molar-refractivity contribution < 1.29 is 4.74 Å². The van der Waals surface area contributed by atoms with Gasteiger partial charge < -0.3 is 15.4 Å². The number of ether oxygens (including phenoxy) is 1. The van der Waals surface area contributed by atoms with Gasteiger partial charge in [0, 0.05) is 25.6 Å². The molecule has 1 aromatic heterocycles. The molecule has 1 fully saturated rings. The molecule has 1 aromatic rings. The Hall–Kier alpha value is -1.36. The van der Waals surface area contributed by atoms with Crippen molar-refractivity contribution >= 4 is 11.6 Å². The zero-order valence-electron chi connectivity index (χ0n) is 11.4. The van der Waals surface area contributed by atoms with Crippen LogP contribution in [0.1, 0.15) is 38.4 Å². The monoisotopic (exact) mass is 250 g/mol. The minimum atomic E-state index is 0.321. The summed E-state index contributed by atoms with van der Waals surface area (Å²) in [6.45, 7) is 5.83. The zero-order valence-corrected chi connectivity index (χ0v) is 11.4. The Balaban J connectivity index is 2.12. The van der Waals surface area contributed by atoms with Crippen LogP contribution in [-0.4, -0.2) is 36.3 Å². The molecule has 2 rings (SSSR count). The lowest BCUT2D eigenvalue weighted by Gasteiger charge is -2.24. The minimum Gasteiger partial charge on any atom is -0.379 e. The molecule has 0 spiro atoms. The van der Waals surface area contributed by atoms with Gasteiger partial charge in [0.25, 0.3) is 0 Å². The van der Waals surface area contributed by atoms with Gasteiger partial charge >= 0.3 is 0 Å².